The fraction of sp³-hybridized carbons (Fsp3) is 0.294. The van der Waals surface area contributed by atoms with E-state index >= 15 is 0 Å². The van der Waals surface area contributed by atoms with E-state index in [-0.39, 0.29) is 0 Å². The van der Waals surface area contributed by atoms with Crippen LogP contribution in [0.1, 0.15) is 30.5 Å². The third kappa shape index (κ3) is 2.58. The number of aryl methyl sites for hydroxylation is 1. The van der Waals surface area contributed by atoms with Crippen LogP contribution in [0.15, 0.2) is 48.5 Å². The van der Waals surface area contributed by atoms with Crippen molar-refractivity contribution in [2.75, 3.05) is 10.6 Å². The SMILES string of the molecule is Cc1ccc(C2CC(C)Nc3ccccc3N2)cc1. The number of nitrogens with one attached hydrogen (secondary N) is 2. The topological polar surface area (TPSA) is 24.1 Å². The molecule has 2 N–H and O–H groups in total. The summed E-state index contributed by atoms with van der Waals surface area (Å²) >= 11 is 0. The lowest BCUT2D eigenvalue weighted by Gasteiger charge is -2.19. The Kier molecular flexibility index (Phi) is 3.16. The monoisotopic (exact) mass is 252 g/mol. The molecule has 1 heterocycles. The normalized spacial score (nSPS) is 21.8. The number of para-hydroxylation sites is 2. The number of anilines is 2. The largest absolute Gasteiger partial charge is 0.381 e. The molecule has 0 aromatic heterocycles. The third-order valence-corrected chi connectivity index (χ3v) is 3.73. The zero-order chi connectivity index (χ0) is 13.2. The molecule has 1 aliphatic heterocycles. The molecular weight excluding hydrogens is 232 g/mol. The van der Waals surface area contributed by atoms with Gasteiger partial charge in [0.15, 0.2) is 0 Å². The highest BCUT2D eigenvalue weighted by atomic mass is 15.0. The first-order chi connectivity index (χ1) is 9.22. The van der Waals surface area contributed by atoms with Crippen LogP contribution in [-0.4, -0.2) is 6.04 Å². The van der Waals surface area contributed by atoms with Crippen molar-refractivity contribution in [3.8, 4) is 0 Å². The molecule has 2 atom stereocenters. The zero-order valence-electron chi connectivity index (χ0n) is 11.5. The van der Waals surface area contributed by atoms with Gasteiger partial charge in [0.25, 0.3) is 0 Å². The van der Waals surface area contributed by atoms with Crippen molar-refractivity contribution in [2.24, 2.45) is 0 Å². The summed E-state index contributed by atoms with van der Waals surface area (Å²) in [7, 11) is 0. The van der Waals surface area contributed by atoms with Gasteiger partial charge in [-0.2, -0.15) is 0 Å². The van der Waals surface area contributed by atoms with Crippen LogP contribution in [0.4, 0.5) is 11.4 Å². The first-order valence-corrected chi connectivity index (χ1v) is 6.91. The molecule has 2 heteroatoms. The summed E-state index contributed by atoms with van der Waals surface area (Å²) < 4.78 is 0. The predicted octanol–water partition coefficient (Wildman–Crippen LogP) is 4.35. The molecule has 0 radical (unpaired) electrons. The molecule has 2 aromatic rings. The van der Waals surface area contributed by atoms with Gasteiger partial charge in [0.2, 0.25) is 0 Å². The molecule has 0 fully saturated rings. The van der Waals surface area contributed by atoms with Gasteiger partial charge in [-0.05, 0) is 38.0 Å². The van der Waals surface area contributed by atoms with E-state index in [1.54, 1.807) is 0 Å². The van der Waals surface area contributed by atoms with Crippen LogP contribution in [0.5, 0.6) is 0 Å². The Morgan fingerprint density at radius 2 is 1.53 bits per heavy atom. The van der Waals surface area contributed by atoms with E-state index in [1.165, 1.54) is 22.5 Å². The molecule has 2 aromatic carbocycles. The van der Waals surface area contributed by atoms with E-state index in [2.05, 4.69) is 73.0 Å². The molecule has 0 bridgehead atoms. The van der Waals surface area contributed by atoms with Gasteiger partial charge >= 0.3 is 0 Å². The second kappa shape index (κ2) is 4.96. The highest BCUT2D eigenvalue weighted by Crippen LogP contribution is 2.33. The standard InChI is InChI=1S/C17H20N2/c1-12-7-9-14(10-8-12)17-11-13(2)18-15-5-3-4-6-16(15)19-17/h3-10,13,17-19H,11H2,1-2H3. The lowest BCUT2D eigenvalue weighted by molar-refractivity contribution is 0.633. The molecule has 2 nitrogen and oxygen atoms in total. The average molecular weight is 252 g/mol. The lowest BCUT2D eigenvalue weighted by atomic mass is 9.99. The maximum Gasteiger partial charge on any atom is 0.0580 e. The van der Waals surface area contributed by atoms with Crippen molar-refractivity contribution in [3.63, 3.8) is 0 Å². The van der Waals surface area contributed by atoms with Gasteiger partial charge in [0.05, 0.1) is 17.4 Å². The van der Waals surface area contributed by atoms with Crippen molar-refractivity contribution < 1.29 is 0 Å². The molecule has 1 aliphatic rings. The second-order valence-electron chi connectivity index (χ2n) is 5.43. The predicted molar refractivity (Wildman–Crippen MR) is 81.7 cm³/mol. The Bertz CT molecular complexity index is 560. The highest BCUT2D eigenvalue weighted by Gasteiger charge is 2.20. The molecule has 19 heavy (non-hydrogen) atoms. The number of hydrogen-bond acceptors (Lipinski definition) is 2. The first-order valence-electron chi connectivity index (χ1n) is 6.91. The second-order valence-corrected chi connectivity index (χ2v) is 5.43. The van der Waals surface area contributed by atoms with Crippen molar-refractivity contribution in [1.29, 1.82) is 0 Å². The minimum absolute atomic E-state index is 0.367. The summed E-state index contributed by atoms with van der Waals surface area (Å²) in [6.45, 7) is 4.37. The summed E-state index contributed by atoms with van der Waals surface area (Å²) in [5.74, 6) is 0. The zero-order valence-corrected chi connectivity index (χ0v) is 11.5. The molecule has 2 unspecified atom stereocenters. The molecule has 0 spiro atoms. The fourth-order valence-corrected chi connectivity index (χ4v) is 2.68. The van der Waals surface area contributed by atoms with Crippen LogP contribution in [-0.2, 0) is 0 Å². The maximum absolute atomic E-state index is 3.66. The molecule has 0 aliphatic carbocycles. The Morgan fingerprint density at radius 1 is 0.895 bits per heavy atom. The Labute approximate surface area is 114 Å². The summed E-state index contributed by atoms with van der Waals surface area (Å²) in [4.78, 5) is 0. The van der Waals surface area contributed by atoms with Crippen LogP contribution in [0.25, 0.3) is 0 Å². The van der Waals surface area contributed by atoms with Crippen molar-refractivity contribution in [3.05, 3.63) is 59.7 Å². The van der Waals surface area contributed by atoms with E-state index < -0.39 is 0 Å². The van der Waals surface area contributed by atoms with Gasteiger partial charge in [0, 0.05) is 6.04 Å². The molecule has 0 amide bonds. The Hall–Kier alpha value is -1.96. The minimum atomic E-state index is 0.367. The highest BCUT2D eigenvalue weighted by molar-refractivity contribution is 5.70. The Balaban J connectivity index is 1.93. The molecular formula is C17H20N2. The van der Waals surface area contributed by atoms with Crippen molar-refractivity contribution >= 4 is 11.4 Å². The lowest BCUT2D eigenvalue weighted by Crippen LogP contribution is -2.18. The minimum Gasteiger partial charge on any atom is -0.381 e. The van der Waals surface area contributed by atoms with Gasteiger partial charge in [-0.3, -0.25) is 0 Å². The molecule has 0 saturated carbocycles. The van der Waals surface area contributed by atoms with Gasteiger partial charge in [-0.25, -0.2) is 0 Å². The van der Waals surface area contributed by atoms with Gasteiger partial charge in [-0.15, -0.1) is 0 Å². The quantitative estimate of drug-likeness (QED) is 0.788. The van der Waals surface area contributed by atoms with E-state index in [9.17, 15) is 0 Å². The third-order valence-electron chi connectivity index (χ3n) is 3.73. The van der Waals surface area contributed by atoms with Crippen LogP contribution in [0, 0.1) is 6.92 Å². The van der Waals surface area contributed by atoms with E-state index in [1.807, 2.05) is 0 Å². The van der Waals surface area contributed by atoms with E-state index in [0.717, 1.165) is 6.42 Å². The summed E-state index contributed by atoms with van der Waals surface area (Å²) in [6.07, 6.45) is 1.08. The van der Waals surface area contributed by atoms with Gasteiger partial charge in [-0.1, -0.05) is 42.0 Å². The molecule has 3 rings (SSSR count). The fourth-order valence-electron chi connectivity index (χ4n) is 2.68. The molecule has 98 valence electrons. The van der Waals surface area contributed by atoms with Crippen LogP contribution < -0.4 is 10.6 Å². The first kappa shape index (κ1) is 12.1. The molecule has 0 saturated heterocycles. The van der Waals surface area contributed by atoms with E-state index in [0.29, 0.717) is 12.1 Å². The van der Waals surface area contributed by atoms with Crippen molar-refractivity contribution in [1.82, 2.24) is 0 Å². The maximum atomic E-state index is 3.66. The van der Waals surface area contributed by atoms with E-state index in [4.69, 9.17) is 0 Å². The summed E-state index contributed by atoms with van der Waals surface area (Å²) in [5, 5.41) is 7.23. The van der Waals surface area contributed by atoms with Crippen molar-refractivity contribution in [2.45, 2.75) is 32.4 Å². The number of fused-ring (bicyclic) bond motifs is 1. The van der Waals surface area contributed by atoms with Crippen LogP contribution in [0.2, 0.25) is 0 Å². The van der Waals surface area contributed by atoms with Gasteiger partial charge in [0.1, 0.15) is 0 Å². The summed E-state index contributed by atoms with van der Waals surface area (Å²) in [6, 6.07) is 18.1. The number of benzene rings is 2. The number of rotatable bonds is 1. The average Bonchev–Trinajstić information content (AvgIpc) is 2.57. The number of hydrogen-bond donors (Lipinski definition) is 2. The van der Waals surface area contributed by atoms with Crippen LogP contribution in [0.3, 0.4) is 0 Å². The van der Waals surface area contributed by atoms with Gasteiger partial charge < -0.3 is 10.6 Å². The summed E-state index contributed by atoms with van der Waals surface area (Å²) in [5.41, 5.74) is 5.06. The van der Waals surface area contributed by atoms with Crippen LogP contribution >= 0.6 is 0 Å². The Morgan fingerprint density at radius 3 is 2.21 bits per heavy atom. The smallest absolute Gasteiger partial charge is 0.0580 e.